The molecule has 0 unspecified atom stereocenters. The maximum atomic E-state index is 8.27. The first-order valence-electron chi connectivity index (χ1n) is 7.47. The van der Waals surface area contributed by atoms with E-state index in [4.69, 9.17) is 10.1 Å². The van der Waals surface area contributed by atoms with E-state index >= 15 is 0 Å². The lowest BCUT2D eigenvalue weighted by molar-refractivity contribution is 0.157. The standard InChI is InChI=1S/C17H22N2O/c1-12-11-14(18)17-15(19(12)2)9-6-10-16(17)20-13-7-4-3-5-8-13/h6,9-11,13,18H,3-5,7-8H2,1-2H3. The summed E-state index contributed by atoms with van der Waals surface area (Å²) in [6, 6.07) is 8.01. The molecule has 3 nitrogen and oxygen atoms in total. The van der Waals surface area contributed by atoms with Crippen molar-refractivity contribution in [3.8, 4) is 5.75 Å². The highest BCUT2D eigenvalue weighted by Crippen LogP contribution is 2.28. The monoisotopic (exact) mass is 270 g/mol. The number of benzene rings is 1. The van der Waals surface area contributed by atoms with Crippen molar-refractivity contribution in [2.75, 3.05) is 0 Å². The van der Waals surface area contributed by atoms with Crippen LogP contribution >= 0.6 is 0 Å². The van der Waals surface area contributed by atoms with E-state index in [9.17, 15) is 0 Å². The number of nitrogens with zero attached hydrogens (tertiary/aromatic N) is 1. The van der Waals surface area contributed by atoms with Crippen LogP contribution in [0.5, 0.6) is 5.75 Å². The van der Waals surface area contributed by atoms with Crippen molar-refractivity contribution in [1.82, 2.24) is 4.57 Å². The number of aryl methyl sites for hydroxylation is 2. The summed E-state index contributed by atoms with van der Waals surface area (Å²) in [4.78, 5) is 0. The molecule has 3 heteroatoms. The molecule has 2 aromatic rings. The Bertz CT molecular complexity index is 681. The van der Waals surface area contributed by atoms with Crippen molar-refractivity contribution in [2.45, 2.75) is 45.1 Å². The molecule has 1 aromatic carbocycles. The van der Waals surface area contributed by atoms with Gasteiger partial charge in [0.25, 0.3) is 0 Å². The molecule has 20 heavy (non-hydrogen) atoms. The van der Waals surface area contributed by atoms with Gasteiger partial charge in [-0.1, -0.05) is 12.5 Å². The fraction of sp³-hybridized carbons (Fsp3) is 0.471. The Morgan fingerprint density at radius 1 is 1.20 bits per heavy atom. The minimum absolute atomic E-state index is 0.320. The third kappa shape index (κ3) is 2.33. The molecule has 0 saturated heterocycles. The number of pyridine rings is 1. The lowest BCUT2D eigenvalue weighted by Gasteiger charge is -2.24. The van der Waals surface area contributed by atoms with Crippen LogP contribution in [-0.4, -0.2) is 10.7 Å². The third-order valence-electron chi connectivity index (χ3n) is 4.36. The van der Waals surface area contributed by atoms with Crippen LogP contribution in [0.1, 0.15) is 37.8 Å². The highest BCUT2D eigenvalue weighted by Gasteiger charge is 2.16. The number of hydrogen-bond acceptors (Lipinski definition) is 2. The molecule has 3 rings (SSSR count). The van der Waals surface area contributed by atoms with E-state index in [-0.39, 0.29) is 0 Å². The highest BCUT2D eigenvalue weighted by atomic mass is 16.5. The smallest absolute Gasteiger partial charge is 0.131 e. The van der Waals surface area contributed by atoms with E-state index in [0.29, 0.717) is 11.5 Å². The van der Waals surface area contributed by atoms with Gasteiger partial charge in [0.2, 0.25) is 0 Å². The summed E-state index contributed by atoms with van der Waals surface area (Å²) in [5.41, 5.74) is 2.17. The lowest BCUT2D eigenvalue weighted by atomic mass is 9.97. The van der Waals surface area contributed by atoms with Gasteiger partial charge in [-0.25, -0.2) is 0 Å². The van der Waals surface area contributed by atoms with Crippen LogP contribution in [0.25, 0.3) is 10.9 Å². The molecule has 1 N–H and O–H groups in total. The van der Waals surface area contributed by atoms with Crippen molar-refractivity contribution in [1.29, 1.82) is 5.41 Å². The number of fused-ring (bicyclic) bond motifs is 1. The molecule has 0 spiro atoms. The van der Waals surface area contributed by atoms with E-state index < -0.39 is 0 Å². The largest absolute Gasteiger partial charge is 0.490 e. The third-order valence-corrected chi connectivity index (χ3v) is 4.36. The normalized spacial score (nSPS) is 16.5. The van der Waals surface area contributed by atoms with Crippen LogP contribution in [0.4, 0.5) is 0 Å². The van der Waals surface area contributed by atoms with Crippen LogP contribution in [0.15, 0.2) is 24.3 Å². The highest BCUT2D eigenvalue weighted by molar-refractivity contribution is 5.85. The van der Waals surface area contributed by atoms with E-state index in [1.54, 1.807) is 0 Å². The average Bonchev–Trinajstić information content (AvgIpc) is 2.46. The molecule has 0 bridgehead atoms. The topological polar surface area (TPSA) is 38.0 Å². The first kappa shape index (κ1) is 13.2. The number of nitrogens with one attached hydrogen (secondary N) is 1. The van der Waals surface area contributed by atoms with Gasteiger partial charge in [0, 0.05) is 12.7 Å². The predicted molar refractivity (Wildman–Crippen MR) is 81.0 cm³/mol. The maximum Gasteiger partial charge on any atom is 0.131 e. The molecular formula is C17H22N2O. The van der Waals surface area contributed by atoms with Gasteiger partial charge in [-0.05, 0) is 50.8 Å². The quantitative estimate of drug-likeness (QED) is 0.888. The number of hydrogen-bond donors (Lipinski definition) is 1. The van der Waals surface area contributed by atoms with Gasteiger partial charge in [0.05, 0.1) is 22.4 Å². The lowest BCUT2D eigenvalue weighted by Crippen LogP contribution is -2.21. The zero-order chi connectivity index (χ0) is 14.1. The summed E-state index contributed by atoms with van der Waals surface area (Å²) in [6.45, 7) is 2.03. The second-order valence-corrected chi connectivity index (χ2v) is 5.79. The summed E-state index contributed by atoms with van der Waals surface area (Å²) in [5.74, 6) is 0.870. The van der Waals surface area contributed by atoms with Gasteiger partial charge in [-0.15, -0.1) is 0 Å². The van der Waals surface area contributed by atoms with Crippen LogP contribution in [0.2, 0.25) is 0 Å². The fourth-order valence-corrected chi connectivity index (χ4v) is 3.10. The van der Waals surface area contributed by atoms with Gasteiger partial charge < -0.3 is 9.30 Å². The Labute approximate surface area is 119 Å². The number of aromatic nitrogens is 1. The number of rotatable bonds is 2. The van der Waals surface area contributed by atoms with E-state index in [1.165, 1.54) is 19.3 Å². The second-order valence-electron chi connectivity index (χ2n) is 5.79. The Morgan fingerprint density at radius 2 is 1.95 bits per heavy atom. The molecular weight excluding hydrogens is 248 g/mol. The molecule has 1 fully saturated rings. The van der Waals surface area contributed by atoms with Gasteiger partial charge in [-0.3, -0.25) is 5.41 Å². The van der Waals surface area contributed by atoms with Gasteiger partial charge >= 0.3 is 0 Å². The Morgan fingerprint density at radius 3 is 2.70 bits per heavy atom. The SMILES string of the molecule is Cc1cc(=N)c2c(OC3CCCCC3)cccc2n1C. The van der Waals surface area contributed by atoms with Crippen molar-refractivity contribution < 1.29 is 4.74 Å². The zero-order valence-corrected chi connectivity index (χ0v) is 12.3. The van der Waals surface area contributed by atoms with E-state index in [1.807, 2.05) is 32.2 Å². The van der Waals surface area contributed by atoms with Crippen molar-refractivity contribution in [3.63, 3.8) is 0 Å². The molecule has 0 radical (unpaired) electrons. The molecule has 1 saturated carbocycles. The predicted octanol–water partition coefficient (Wildman–Crippen LogP) is 3.68. The molecule has 1 heterocycles. The summed E-state index contributed by atoms with van der Waals surface area (Å²) >= 11 is 0. The van der Waals surface area contributed by atoms with Crippen molar-refractivity contribution in [3.05, 3.63) is 35.3 Å². The van der Waals surface area contributed by atoms with Crippen molar-refractivity contribution in [2.24, 2.45) is 7.05 Å². The van der Waals surface area contributed by atoms with Gasteiger partial charge in [0.15, 0.2) is 0 Å². The summed E-state index contributed by atoms with van der Waals surface area (Å²) in [5, 5.41) is 9.76. The van der Waals surface area contributed by atoms with Gasteiger partial charge in [0.1, 0.15) is 5.75 Å². The van der Waals surface area contributed by atoms with Crippen LogP contribution in [0, 0.1) is 12.3 Å². The van der Waals surface area contributed by atoms with Crippen LogP contribution in [-0.2, 0) is 7.05 Å². The summed E-state index contributed by atoms with van der Waals surface area (Å²) < 4.78 is 8.34. The first-order valence-corrected chi connectivity index (χ1v) is 7.47. The molecule has 0 atom stereocenters. The van der Waals surface area contributed by atoms with Crippen LogP contribution < -0.4 is 10.1 Å². The second kappa shape index (κ2) is 5.31. The minimum Gasteiger partial charge on any atom is -0.490 e. The Balaban J connectivity index is 2.07. The zero-order valence-electron chi connectivity index (χ0n) is 12.3. The Kier molecular flexibility index (Phi) is 3.51. The minimum atomic E-state index is 0.320. The number of ether oxygens (including phenoxy) is 1. The van der Waals surface area contributed by atoms with Crippen LogP contribution in [0.3, 0.4) is 0 Å². The molecule has 0 aliphatic heterocycles. The molecule has 1 aliphatic carbocycles. The average molecular weight is 270 g/mol. The molecule has 106 valence electrons. The summed E-state index contributed by atoms with van der Waals surface area (Å²) in [6.07, 6.45) is 6.45. The molecule has 1 aromatic heterocycles. The maximum absolute atomic E-state index is 8.27. The van der Waals surface area contributed by atoms with E-state index in [0.717, 1.165) is 35.2 Å². The van der Waals surface area contributed by atoms with E-state index in [2.05, 4.69) is 10.6 Å². The Hall–Kier alpha value is -1.77. The van der Waals surface area contributed by atoms with Crippen molar-refractivity contribution >= 4 is 10.9 Å². The summed E-state index contributed by atoms with van der Waals surface area (Å²) in [7, 11) is 2.04. The fourth-order valence-electron chi connectivity index (χ4n) is 3.10. The molecule has 1 aliphatic rings. The van der Waals surface area contributed by atoms with Gasteiger partial charge in [-0.2, -0.15) is 0 Å². The first-order chi connectivity index (χ1) is 9.66. The molecule has 0 amide bonds.